The largest absolute Gasteiger partial charge is 0.496 e. The van der Waals surface area contributed by atoms with Crippen LogP contribution in [0.15, 0.2) is 18.2 Å². The highest BCUT2D eigenvalue weighted by Gasteiger charge is 2.06. The summed E-state index contributed by atoms with van der Waals surface area (Å²) in [5.74, 6) is 0.907. The molecule has 0 aliphatic rings. The fraction of sp³-hybridized carbons (Fsp3) is 0.455. The Morgan fingerprint density at radius 2 is 2.06 bits per heavy atom. The first-order valence-corrected chi connectivity index (χ1v) is 6.74. The van der Waals surface area contributed by atoms with Crippen molar-refractivity contribution in [2.45, 2.75) is 20.4 Å². The second-order valence-electron chi connectivity index (χ2n) is 3.53. The average molecular weight is 243 g/mol. The predicted molar refractivity (Wildman–Crippen MR) is 64.0 cm³/mol. The van der Waals surface area contributed by atoms with Gasteiger partial charge in [0, 0.05) is 6.54 Å². The maximum atomic E-state index is 11.2. The molecule has 0 unspecified atom stereocenters. The summed E-state index contributed by atoms with van der Waals surface area (Å²) >= 11 is 0. The van der Waals surface area contributed by atoms with Crippen molar-refractivity contribution < 1.29 is 13.2 Å². The van der Waals surface area contributed by atoms with Crippen LogP contribution in [0.4, 0.5) is 0 Å². The van der Waals surface area contributed by atoms with Crippen LogP contribution in [0.5, 0.6) is 5.75 Å². The van der Waals surface area contributed by atoms with Crippen molar-refractivity contribution in [1.29, 1.82) is 0 Å². The van der Waals surface area contributed by atoms with Crippen LogP contribution < -0.4 is 9.46 Å². The van der Waals surface area contributed by atoms with Gasteiger partial charge in [0.25, 0.3) is 0 Å². The van der Waals surface area contributed by atoms with E-state index in [2.05, 4.69) is 4.72 Å². The van der Waals surface area contributed by atoms with Crippen LogP contribution in [-0.4, -0.2) is 21.3 Å². The Hall–Kier alpha value is -1.07. The number of benzene rings is 1. The van der Waals surface area contributed by atoms with Crippen molar-refractivity contribution in [2.24, 2.45) is 0 Å². The molecule has 0 atom stereocenters. The van der Waals surface area contributed by atoms with E-state index in [0.29, 0.717) is 6.54 Å². The molecular formula is C11H17NO3S. The van der Waals surface area contributed by atoms with E-state index in [-0.39, 0.29) is 5.75 Å². The first kappa shape index (κ1) is 13.0. The van der Waals surface area contributed by atoms with Gasteiger partial charge in [-0.2, -0.15) is 0 Å². The van der Waals surface area contributed by atoms with Gasteiger partial charge in [0.2, 0.25) is 10.0 Å². The second-order valence-corrected chi connectivity index (χ2v) is 5.62. The standard InChI is InChI=1S/C11H17NO3S/c1-4-16(13,14)12-8-10-5-6-11(15-3)9(2)7-10/h5-7,12H,4,8H2,1-3H3. The molecule has 0 aromatic heterocycles. The zero-order chi connectivity index (χ0) is 12.2. The van der Waals surface area contributed by atoms with E-state index in [4.69, 9.17) is 4.74 Å². The summed E-state index contributed by atoms with van der Waals surface area (Å²) in [6.45, 7) is 3.86. The SMILES string of the molecule is CCS(=O)(=O)NCc1ccc(OC)c(C)c1. The summed E-state index contributed by atoms with van der Waals surface area (Å²) in [6, 6.07) is 5.60. The third-order valence-corrected chi connectivity index (χ3v) is 3.68. The number of aryl methyl sites for hydroxylation is 1. The molecule has 0 saturated carbocycles. The molecule has 0 spiro atoms. The molecule has 1 N–H and O–H groups in total. The van der Waals surface area contributed by atoms with Gasteiger partial charge in [-0.1, -0.05) is 12.1 Å². The lowest BCUT2D eigenvalue weighted by molar-refractivity contribution is 0.411. The van der Waals surface area contributed by atoms with E-state index < -0.39 is 10.0 Å². The van der Waals surface area contributed by atoms with Crippen LogP contribution in [0.3, 0.4) is 0 Å². The molecule has 0 fully saturated rings. The molecule has 0 saturated heterocycles. The normalized spacial score (nSPS) is 11.4. The third kappa shape index (κ3) is 3.50. The van der Waals surface area contributed by atoms with E-state index in [9.17, 15) is 8.42 Å². The number of methoxy groups -OCH3 is 1. The van der Waals surface area contributed by atoms with Gasteiger partial charge in [-0.3, -0.25) is 0 Å². The molecule has 4 nitrogen and oxygen atoms in total. The van der Waals surface area contributed by atoms with Gasteiger partial charge in [0.1, 0.15) is 5.75 Å². The van der Waals surface area contributed by atoms with E-state index >= 15 is 0 Å². The topological polar surface area (TPSA) is 55.4 Å². The van der Waals surface area contributed by atoms with Crippen molar-refractivity contribution in [3.05, 3.63) is 29.3 Å². The van der Waals surface area contributed by atoms with Crippen molar-refractivity contribution in [1.82, 2.24) is 4.72 Å². The van der Waals surface area contributed by atoms with E-state index in [1.165, 1.54) is 0 Å². The maximum absolute atomic E-state index is 11.2. The van der Waals surface area contributed by atoms with Crippen LogP contribution in [-0.2, 0) is 16.6 Å². The van der Waals surface area contributed by atoms with Gasteiger partial charge in [0.15, 0.2) is 0 Å². The van der Waals surface area contributed by atoms with Crippen LogP contribution in [0.2, 0.25) is 0 Å². The smallest absolute Gasteiger partial charge is 0.211 e. The number of hydrogen-bond acceptors (Lipinski definition) is 3. The summed E-state index contributed by atoms with van der Waals surface area (Å²) in [6.07, 6.45) is 0. The summed E-state index contributed by atoms with van der Waals surface area (Å²) in [5.41, 5.74) is 1.92. The minimum absolute atomic E-state index is 0.0993. The van der Waals surface area contributed by atoms with Gasteiger partial charge in [-0.05, 0) is 31.0 Å². The van der Waals surface area contributed by atoms with Crippen molar-refractivity contribution >= 4 is 10.0 Å². The van der Waals surface area contributed by atoms with Crippen molar-refractivity contribution in [3.63, 3.8) is 0 Å². The number of sulfonamides is 1. The quantitative estimate of drug-likeness (QED) is 0.851. The van der Waals surface area contributed by atoms with Gasteiger partial charge in [0.05, 0.1) is 12.9 Å². The third-order valence-electron chi connectivity index (χ3n) is 2.34. The Balaban J connectivity index is 2.73. The van der Waals surface area contributed by atoms with Crippen LogP contribution >= 0.6 is 0 Å². The molecule has 1 aromatic carbocycles. The predicted octanol–water partition coefficient (Wildman–Crippen LogP) is 1.44. The molecule has 0 amide bonds. The zero-order valence-electron chi connectivity index (χ0n) is 9.78. The Morgan fingerprint density at radius 1 is 1.38 bits per heavy atom. The van der Waals surface area contributed by atoms with Crippen molar-refractivity contribution in [3.8, 4) is 5.75 Å². The lowest BCUT2D eigenvalue weighted by Gasteiger charge is -2.08. The molecular weight excluding hydrogens is 226 g/mol. The molecule has 0 heterocycles. The highest BCUT2D eigenvalue weighted by atomic mass is 32.2. The number of nitrogens with one attached hydrogen (secondary N) is 1. The Bertz CT molecular complexity index is 454. The van der Waals surface area contributed by atoms with Gasteiger partial charge < -0.3 is 4.74 Å². The highest BCUT2D eigenvalue weighted by molar-refractivity contribution is 7.89. The lowest BCUT2D eigenvalue weighted by Crippen LogP contribution is -2.24. The molecule has 5 heteroatoms. The van der Waals surface area contributed by atoms with Crippen LogP contribution in [0.25, 0.3) is 0 Å². The molecule has 0 aliphatic carbocycles. The van der Waals surface area contributed by atoms with E-state index in [0.717, 1.165) is 16.9 Å². The number of rotatable bonds is 5. The summed E-state index contributed by atoms with van der Waals surface area (Å²) in [5, 5.41) is 0. The monoisotopic (exact) mass is 243 g/mol. The van der Waals surface area contributed by atoms with Gasteiger partial charge in [-0.15, -0.1) is 0 Å². The first-order valence-electron chi connectivity index (χ1n) is 5.09. The molecule has 1 rings (SSSR count). The Labute approximate surface area is 96.7 Å². The molecule has 90 valence electrons. The molecule has 1 aromatic rings. The first-order chi connectivity index (χ1) is 7.48. The highest BCUT2D eigenvalue weighted by Crippen LogP contribution is 2.18. The molecule has 0 radical (unpaired) electrons. The number of hydrogen-bond donors (Lipinski definition) is 1. The lowest BCUT2D eigenvalue weighted by atomic mass is 10.1. The summed E-state index contributed by atoms with van der Waals surface area (Å²) < 4.78 is 30.1. The van der Waals surface area contributed by atoms with Crippen molar-refractivity contribution in [2.75, 3.05) is 12.9 Å². The van der Waals surface area contributed by atoms with Gasteiger partial charge in [-0.25, -0.2) is 13.1 Å². The average Bonchev–Trinajstić information content (AvgIpc) is 2.27. The van der Waals surface area contributed by atoms with Crippen LogP contribution in [0, 0.1) is 6.92 Å². The fourth-order valence-electron chi connectivity index (χ4n) is 1.35. The van der Waals surface area contributed by atoms with E-state index in [1.807, 2.05) is 25.1 Å². The minimum Gasteiger partial charge on any atom is -0.496 e. The van der Waals surface area contributed by atoms with Gasteiger partial charge >= 0.3 is 0 Å². The van der Waals surface area contributed by atoms with E-state index in [1.54, 1.807) is 14.0 Å². The summed E-state index contributed by atoms with van der Waals surface area (Å²) in [4.78, 5) is 0. The second kappa shape index (κ2) is 5.32. The Kier molecular flexibility index (Phi) is 4.32. The Morgan fingerprint density at radius 3 is 2.56 bits per heavy atom. The summed E-state index contributed by atoms with van der Waals surface area (Å²) in [7, 11) is -1.51. The maximum Gasteiger partial charge on any atom is 0.211 e. The van der Waals surface area contributed by atoms with Crippen LogP contribution in [0.1, 0.15) is 18.1 Å². The number of ether oxygens (including phenoxy) is 1. The molecule has 0 bridgehead atoms. The zero-order valence-corrected chi connectivity index (χ0v) is 10.6. The minimum atomic E-state index is -3.13. The molecule has 0 aliphatic heterocycles. The molecule has 16 heavy (non-hydrogen) atoms. The fourth-order valence-corrected chi connectivity index (χ4v) is 1.94.